The van der Waals surface area contributed by atoms with Crippen LogP contribution in [0.4, 0.5) is 5.13 Å². The summed E-state index contributed by atoms with van der Waals surface area (Å²) in [5, 5.41) is 3.01. The van der Waals surface area contributed by atoms with E-state index < -0.39 is 0 Å². The molecule has 0 amide bonds. The molecule has 1 aliphatic heterocycles. The second kappa shape index (κ2) is 5.82. The summed E-state index contributed by atoms with van der Waals surface area (Å²) < 4.78 is 5.93. The molecule has 0 aromatic carbocycles. The monoisotopic (exact) mass is 318 g/mol. The summed E-state index contributed by atoms with van der Waals surface area (Å²) in [4.78, 5) is 18.2. The van der Waals surface area contributed by atoms with Gasteiger partial charge in [0.2, 0.25) is 0 Å². The average Bonchev–Trinajstić information content (AvgIpc) is 2.76. The van der Waals surface area contributed by atoms with Gasteiger partial charge in [0, 0.05) is 18.5 Å². The largest absolute Gasteiger partial charge is 0.466 e. The lowest BCUT2D eigenvalue weighted by Crippen LogP contribution is -2.36. The predicted molar refractivity (Wildman–Crippen MR) is 71.4 cm³/mol. The van der Waals surface area contributed by atoms with E-state index in [1.807, 2.05) is 12.3 Å². The minimum absolute atomic E-state index is 0.0486. The summed E-state index contributed by atoms with van der Waals surface area (Å²) in [6.45, 7) is 4.07. The lowest BCUT2D eigenvalue weighted by Gasteiger charge is -2.30. The smallest absolute Gasteiger partial charge is 0.309 e. The summed E-state index contributed by atoms with van der Waals surface area (Å²) in [5.74, 6) is 0.0158. The van der Waals surface area contributed by atoms with Gasteiger partial charge in [-0.25, -0.2) is 4.98 Å². The lowest BCUT2D eigenvalue weighted by atomic mass is 9.97. The topological polar surface area (TPSA) is 42.4 Å². The minimum Gasteiger partial charge on any atom is -0.466 e. The van der Waals surface area contributed by atoms with Gasteiger partial charge < -0.3 is 9.64 Å². The third kappa shape index (κ3) is 3.19. The number of carbonyl (C=O) groups excluding carboxylic acids is 1. The van der Waals surface area contributed by atoms with Gasteiger partial charge in [0.25, 0.3) is 0 Å². The Hall–Kier alpha value is -0.620. The Morgan fingerprint density at radius 1 is 1.65 bits per heavy atom. The normalized spacial score (nSPS) is 17.2. The van der Waals surface area contributed by atoms with Crippen LogP contribution in [-0.4, -0.2) is 30.6 Å². The van der Waals surface area contributed by atoms with Crippen molar-refractivity contribution < 1.29 is 9.53 Å². The first-order chi connectivity index (χ1) is 8.20. The van der Waals surface area contributed by atoms with Crippen molar-refractivity contribution in [2.45, 2.75) is 19.8 Å². The highest BCUT2D eigenvalue weighted by molar-refractivity contribution is 9.10. The Bertz CT molecular complexity index is 389. The molecule has 1 fully saturated rings. The maximum Gasteiger partial charge on any atom is 0.309 e. The van der Waals surface area contributed by atoms with E-state index in [1.54, 1.807) is 11.3 Å². The number of hydrogen-bond donors (Lipinski definition) is 0. The number of thiazole rings is 1. The van der Waals surface area contributed by atoms with Crippen molar-refractivity contribution in [2.75, 3.05) is 24.6 Å². The lowest BCUT2D eigenvalue weighted by molar-refractivity contribution is -0.148. The predicted octanol–water partition coefficient (Wildman–Crippen LogP) is 2.69. The first-order valence-corrected chi connectivity index (χ1v) is 7.40. The van der Waals surface area contributed by atoms with Crippen molar-refractivity contribution in [2.24, 2.45) is 5.92 Å². The number of anilines is 1. The van der Waals surface area contributed by atoms with Gasteiger partial charge in [-0.1, -0.05) is 0 Å². The molecule has 0 spiro atoms. The summed E-state index contributed by atoms with van der Waals surface area (Å²) in [5.41, 5.74) is 0. The molecule has 0 atom stereocenters. The van der Waals surface area contributed by atoms with Crippen LogP contribution < -0.4 is 4.90 Å². The van der Waals surface area contributed by atoms with E-state index in [4.69, 9.17) is 4.74 Å². The van der Waals surface area contributed by atoms with Crippen molar-refractivity contribution in [3.05, 3.63) is 9.98 Å². The number of piperidine rings is 1. The summed E-state index contributed by atoms with van der Waals surface area (Å²) >= 11 is 4.98. The van der Waals surface area contributed by atoms with Gasteiger partial charge in [-0.3, -0.25) is 4.79 Å². The Balaban J connectivity index is 1.88. The molecule has 0 bridgehead atoms. The summed E-state index contributed by atoms with van der Waals surface area (Å²) in [6, 6.07) is 0. The van der Waals surface area contributed by atoms with Crippen molar-refractivity contribution in [3.8, 4) is 0 Å². The zero-order valence-electron chi connectivity index (χ0n) is 9.69. The van der Waals surface area contributed by atoms with Crippen molar-refractivity contribution in [3.63, 3.8) is 0 Å². The summed E-state index contributed by atoms with van der Waals surface area (Å²) in [6.07, 6.45) is 1.71. The third-order valence-electron chi connectivity index (χ3n) is 2.85. The Morgan fingerprint density at radius 3 is 2.88 bits per heavy atom. The second-order valence-electron chi connectivity index (χ2n) is 3.97. The van der Waals surface area contributed by atoms with Crippen LogP contribution in [0.15, 0.2) is 9.98 Å². The number of carbonyl (C=O) groups is 1. The fourth-order valence-corrected chi connectivity index (χ4v) is 3.26. The number of aromatic nitrogens is 1. The SMILES string of the molecule is CCOC(=O)C1CCN(c2nc(Br)cs2)CC1. The van der Waals surface area contributed by atoms with E-state index in [0.29, 0.717) is 6.61 Å². The molecule has 6 heteroatoms. The first-order valence-electron chi connectivity index (χ1n) is 5.73. The third-order valence-corrected chi connectivity index (χ3v) is 4.46. The van der Waals surface area contributed by atoms with Gasteiger partial charge in [0.1, 0.15) is 4.60 Å². The van der Waals surface area contributed by atoms with Crippen LogP contribution in [0.5, 0.6) is 0 Å². The van der Waals surface area contributed by atoms with Gasteiger partial charge in [-0.15, -0.1) is 11.3 Å². The van der Waals surface area contributed by atoms with Gasteiger partial charge in [-0.05, 0) is 35.7 Å². The number of nitrogens with zero attached hydrogens (tertiary/aromatic N) is 2. The fraction of sp³-hybridized carbons (Fsp3) is 0.636. The molecule has 1 saturated heterocycles. The first kappa shape index (κ1) is 12.8. The minimum atomic E-state index is -0.0486. The molecule has 2 heterocycles. The van der Waals surface area contributed by atoms with Crippen molar-refractivity contribution in [1.82, 2.24) is 4.98 Å². The molecule has 0 saturated carbocycles. The van der Waals surface area contributed by atoms with E-state index in [9.17, 15) is 4.79 Å². The van der Waals surface area contributed by atoms with Crippen LogP contribution in [0.2, 0.25) is 0 Å². The molecule has 1 aromatic rings. The van der Waals surface area contributed by atoms with Gasteiger partial charge >= 0.3 is 5.97 Å². The zero-order valence-corrected chi connectivity index (χ0v) is 12.1. The van der Waals surface area contributed by atoms with Crippen LogP contribution in [0, 0.1) is 5.92 Å². The zero-order chi connectivity index (χ0) is 12.3. The summed E-state index contributed by atoms with van der Waals surface area (Å²) in [7, 11) is 0. The van der Waals surface area contributed by atoms with E-state index >= 15 is 0 Å². The highest BCUT2D eigenvalue weighted by Gasteiger charge is 2.26. The standard InChI is InChI=1S/C11H15BrN2O2S/c1-2-16-10(15)8-3-5-14(6-4-8)11-13-9(12)7-17-11/h7-8H,2-6H2,1H3. The molecular weight excluding hydrogens is 304 g/mol. The van der Waals surface area contributed by atoms with Crippen LogP contribution in [-0.2, 0) is 9.53 Å². The maximum absolute atomic E-state index is 11.6. The number of rotatable bonds is 3. The second-order valence-corrected chi connectivity index (χ2v) is 5.62. The molecule has 94 valence electrons. The van der Waals surface area contributed by atoms with Crippen molar-refractivity contribution in [1.29, 1.82) is 0 Å². The number of halogens is 1. The molecule has 0 unspecified atom stereocenters. The van der Waals surface area contributed by atoms with E-state index in [1.165, 1.54) is 0 Å². The Morgan fingerprint density at radius 2 is 2.35 bits per heavy atom. The molecule has 0 aliphatic carbocycles. The van der Waals surface area contributed by atoms with Crippen LogP contribution >= 0.6 is 27.3 Å². The highest BCUT2D eigenvalue weighted by Crippen LogP contribution is 2.28. The molecule has 4 nitrogen and oxygen atoms in total. The van der Waals surface area contributed by atoms with E-state index in [0.717, 1.165) is 35.7 Å². The molecular formula is C11H15BrN2O2S. The Kier molecular flexibility index (Phi) is 4.39. The van der Waals surface area contributed by atoms with E-state index in [-0.39, 0.29) is 11.9 Å². The molecule has 1 aliphatic rings. The number of hydrogen-bond acceptors (Lipinski definition) is 5. The van der Waals surface area contributed by atoms with Crippen LogP contribution in [0.25, 0.3) is 0 Å². The van der Waals surface area contributed by atoms with Gasteiger partial charge in [0.05, 0.1) is 12.5 Å². The highest BCUT2D eigenvalue weighted by atomic mass is 79.9. The van der Waals surface area contributed by atoms with Crippen molar-refractivity contribution >= 4 is 38.4 Å². The quantitative estimate of drug-likeness (QED) is 0.804. The van der Waals surface area contributed by atoms with Crippen LogP contribution in [0.3, 0.4) is 0 Å². The van der Waals surface area contributed by atoms with Gasteiger partial charge in [-0.2, -0.15) is 0 Å². The molecule has 17 heavy (non-hydrogen) atoms. The molecule has 0 radical (unpaired) electrons. The fourth-order valence-electron chi connectivity index (χ4n) is 1.96. The molecule has 2 rings (SSSR count). The maximum atomic E-state index is 11.6. The van der Waals surface area contributed by atoms with E-state index in [2.05, 4.69) is 25.8 Å². The number of ether oxygens (including phenoxy) is 1. The number of esters is 1. The van der Waals surface area contributed by atoms with Crippen LogP contribution in [0.1, 0.15) is 19.8 Å². The molecule has 1 aromatic heterocycles. The molecule has 0 N–H and O–H groups in total. The van der Waals surface area contributed by atoms with Gasteiger partial charge in [0.15, 0.2) is 5.13 Å². The average molecular weight is 319 g/mol. The Labute approximate surface area is 113 Å².